The maximum Gasteiger partial charge on any atom is 0.418 e. The van der Waals surface area contributed by atoms with Gasteiger partial charge in [-0.2, -0.15) is 13.2 Å². The summed E-state index contributed by atoms with van der Waals surface area (Å²) >= 11 is 0. The Morgan fingerprint density at radius 3 is 2.45 bits per heavy atom. The Balaban J connectivity index is 1.66. The van der Waals surface area contributed by atoms with Crippen molar-refractivity contribution in [2.45, 2.75) is 19.7 Å². The van der Waals surface area contributed by atoms with Crippen molar-refractivity contribution < 1.29 is 22.3 Å². The van der Waals surface area contributed by atoms with Crippen LogP contribution in [-0.2, 0) is 12.8 Å². The molecule has 0 aliphatic rings. The molecule has 0 spiro atoms. The van der Waals surface area contributed by atoms with E-state index in [1.807, 2.05) is 37.3 Å². The van der Waals surface area contributed by atoms with Crippen LogP contribution in [0.15, 0.2) is 91.1 Å². The highest BCUT2D eigenvalue weighted by Gasteiger charge is 2.33. The van der Waals surface area contributed by atoms with Crippen LogP contribution < -0.4 is 4.74 Å². The van der Waals surface area contributed by atoms with E-state index in [1.165, 1.54) is 24.4 Å². The van der Waals surface area contributed by atoms with Crippen molar-refractivity contribution in [3.05, 3.63) is 119 Å². The molecule has 1 heterocycles. The number of pyridine rings is 1. The zero-order valence-electron chi connectivity index (χ0n) is 20.3. The molecule has 0 unspecified atom stereocenters. The van der Waals surface area contributed by atoms with Gasteiger partial charge < -0.3 is 4.74 Å². The number of rotatable bonds is 5. The third-order valence-electron chi connectivity index (χ3n) is 6.37. The molecule has 2 nitrogen and oxygen atoms in total. The molecule has 0 atom stereocenters. The predicted molar refractivity (Wildman–Crippen MR) is 141 cm³/mol. The highest BCUT2D eigenvalue weighted by Crippen LogP contribution is 2.42. The molecular weight excluding hydrogens is 490 g/mol. The minimum Gasteiger partial charge on any atom is -0.489 e. The van der Waals surface area contributed by atoms with Crippen LogP contribution >= 0.6 is 0 Å². The molecule has 188 valence electrons. The normalized spacial score (nSPS) is 11.4. The fraction of sp³-hybridized carbons (Fsp3) is 0.0938. The number of hydrogen-bond donors (Lipinski definition) is 0. The lowest BCUT2D eigenvalue weighted by Gasteiger charge is -2.18. The van der Waals surface area contributed by atoms with Crippen LogP contribution in [0.1, 0.15) is 22.3 Å². The average Bonchev–Trinajstić information content (AvgIpc) is 2.91. The van der Waals surface area contributed by atoms with E-state index in [0.717, 1.165) is 17.2 Å². The van der Waals surface area contributed by atoms with Crippen molar-refractivity contribution >= 4 is 10.9 Å². The minimum absolute atomic E-state index is 0.0647. The summed E-state index contributed by atoms with van der Waals surface area (Å²) in [5, 5.41) is 0.366. The first-order chi connectivity index (χ1) is 18.3. The van der Waals surface area contributed by atoms with E-state index in [2.05, 4.69) is 10.9 Å². The summed E-state index contributed by atoms with van der Waals surface area (Å²) in [7, 11) is 0. The lowest BCUT2D eigenvalue weighted by molar-refractivity contribution is -0.136. The molecule has 1 aromatic heterocycles. The minimum atomic E-state index is -4.56. The molecule has 38 heavy (non-hydrogen) atoms. The molecular formula is C32H21F4NO. The van der Waals surface area contributed by atoms with Crippen molar-refractivity contribution in [1.82, 2.24) is 4.98 Å². The number of alkyl halides is 3. The molecule has 4 aromatic carbocycles. The van der Waals surface area contributed by atoms with Crippen LogP contribution in [0.2, 0.25) is 0 Å². The highest BCUT2D eigenvalue weighted by molar-refractivity contribution is 6.03. The maximum atomic E-state index is 14.3. The Bertz CT molecular complexity index is 1700. The number of hydrogen-bond acceptors (Lipinski definition) is 2. The van der Waals surface area contributed by atoms with Gasteiger partial charge in [-0.3, -0.25) is 4.98 Å². The first-order valence-corrected chi connectivity index (χ1v) is 11.8. The molecule has 6 heteroatoms. The fourth-order valence-electron chi connectivity index (χ4n) is 4.52. The number of fused-ring (bicyclic) bond motifs is 1. The van der Waals surface area contributed by atoms with Crippen molar-refractivity contribution in [3.63, 3.8) is 0 Å². The van der Waals surface area contributed by atoms with E-state index in [0.29, 0.717) is 39.0 Å². The van der Waals surface area contributed by atoms with Gasteiger partial charge in [-0.05, 0) is 60.0 Å². The summed E-state index contributed by atoms with van der Waals surface area (Å²) in [5.74, 6) is 2.46. The quantitative estimate of drug-likeness (QED) is 0.174. The van der Waals surface area contributed by atoms with Crippen LogP contribution in [0.5, 0.6) is 5.75 Å². The molecule has 0 aliphatic heterocycles. The standard InChI is InChI=1S/C32H21F4NO/c1-3-21-14-15-29(33)23(16-21)19-38-24-10-6-9-22(17-24)30-26-12-7-13-28(32(34,35)36)31(26)37-18-27(30)25-11-5-4-8-20(25)2/h1,4-18H,19H2,2H3. The average molecular weight is 512 g/mol. The SMILES string of the molecule is C#Cc1ccc(F)c(COc2cccc(-c3c(-c4ccccc4C)cnc4c(C(F)(F)F)cccc34)c2)c1. The Hall–Kier alpha value is -4.63. The highest BCUT2D eigenvalue weighted by atomic mass is 19.4. The van der Waals surface area contributed by atoms with Crippen LogP contribution in [-0.4, -0.2) is 4.98 Å². The molecule has 0 N–H and O–H groups in total. The lowest BCUT2D eigenvalue weighted by Crippen LogP contribution is -2.07. The van der Waals surface area contributed by atoms with Crippen LogP contribution in [0.4, 0.5) is 17.6 Å². The predicted octanol–water partition coefficient (Wildman–Crippen LogP) is 8.60. The second kappa shape index (κ2) is 10.0. The van der Waals surface area contributed by atoms with Crippen molar-refractivity contribution in [2.75, 3.05) is 0 Å². The number of para-hydroxylation sites is 1. The van der Waals surface area contributed by atoms with Crippen molar-refractivity contribution in [2.24, 2.45) is 0 Å². The number of terminal acetylenes is 1. The molecule has 5 rings (SSSR count). The molecule has 0 aliphatic carbocycles. The second-order valence-electron chi connectivity index (χ2n) is 8.83. The smallest absolute Gasteiger partial charge is 0.418 e. The first-order valence-electron chi connectivity index (χ1n) is 11.8. The Morgan fingerprint density at radius 2 is 1.68 bits per heavy atom. The number of aryl methyl sites for hydroxylation is 1. The molecule has 0 fully saturated rings. The molecule has 0 saturated carbocycles. The second-order valence-corrected chi connectivity index (χ2v) is 8.83. The summed E-state index contributed by atoms with van der Waals surface area (Å²) in [6.07, 6.45) is 2.36. The number of ether oxygens (including phenoxy) is 1. The summed E-state index contributed by atoms with van der Waals surface area (Å²) < 4.78 is 61.7. The van der Waals surface area contributed by atoms with E-state index in [4.69, 9.17) is 11.2 Å². The van der Waals surface area contributed by atoms with Gasteiger partial charge in [-0.1, -0.05) is 54.5 Å². The van der Waals surface area contributed by atoms with E-state index in [-0.39, 0.29) is 12.1 Å². The number of nitrogens with zero attached hydrogens (tertiary/aromatic N) is 1. The van der Waals surface area contributed by atoms with Gasteiger partial charge in [0.2, 0.25) is 0 Å². The van der Waals surface area contributed by atoms with Crippen LogP contribution in [0.25, 0.3) is 33.2 Å². The summed E-state index contributed by atoms with van der Waals surface area (Å²) in [4.78, 5) is 4.27. The number of halogens is 4. The van der Waals surface area contributed by atoms with Gasteiger partial charge in [0.15, 0.2) is 0 Å². The Kier molecular flexibility index (Phi) is 6.61. The van der Waals surface area contributed by atoms with E-state index >= 15 is 0 Å². The van der Waals surface area contributed by atoms with E-state index < -0.39 is 17.6 Å². The van der Waals surface area contributed by atoms with Crippen molar-refractivity contribution in [1.29, 1.82) is 0 Å². The van der Waals surface area contributed by atoms with E-state index in [9.17, 15) is 17.6 Å². The third kappa shape index (κ3) is 4.83. The zero-order valence-corrected chi connectivity index (χ0v) is 20.3. The third-order valence-corrected chi connectivity index (χ3v) is 6.37. The topological polar surface area (TPSA) is 22.1 Å². The van der Waals surface area contributed by atoms with Gasteiger partial charge in [0.05, 0.1) is 11.1 Å². The molecule has 0 amide bonds. The summed E-state index contributed by atoms with van der Waals surface area (Å²) in [6.45, 7) is 1.87. The van der Waals surface area contributed by atoms with Crippen LogP contribution in [0.3, 0.4) is 0 Å². The van der Waals surface area contributed by atoms with Crippen molar-refractivity contribution in [3.8, 4) is 40.3 Å². The number of aromatic nitrogens is 1. The van der Waals surface area contributed by atoms with Gasteiger partial charge in [0.1, 0.15) is 18.2 Å². The molecule has 0 radical (unpaired) electrons. The largest absolute Gasteiger partial charge is 0.489 e. The van der Waals surface area contributed by atoms with E-state index in [1.54, 1.807) is 30.3 Å². The van der Waals surface area contributed by atoms with Gasteiger partial charge in [-0.25, -0.2) is 4.39 Å². The fourth-order valence-corrected chi connectivity index (χ4v) is 4.52. The number of benzene rings is 4. The Labute approximate surface area is 217 Å². The van der Waals surface area contributed by atoms with Gasteiger partial charge in [-0.15, -0.1) is 6.42 Å². The Morgan fingerprint density at radius 1 is 0.895 bits per heavy atom. The maximum absolute atomic E-state index is 14.3. The zero-order chi connectivity index (χ0) is 26.9. The van der Waals surface area contributed by atoms with Gasteiger partial charge >= 0.3 is 6.18 Å². The molecule has 0 saturated heterocycles. The summed E-state index contributed by atoms with van der Waals surface area (Å²) in [6, 6.07) is 23.0. The lowest BCUT2D eigenvalue weighted by atomic mass is 9.90. The van der Waals surface area contributed by atoms with Gasteiger partial charge in [0.25, 0.3) is 0 Å². The molecule has 0 bridgehead atoms. The first kappa shape index (κ1) is 25.0. The monoisotopic (exact) mass is 511 g/mol. The summed E-state index contributed by atoms with van der Waals surface area (Å²) in [5.41, 5.74) is 3.65. The molecule has 5 aromatic rings. The van der Waals surface area contributed by atoms with Gasteiger partial charge in [0, 0.05) is 33.8 Å². The van der Waals surface area contributed by atoms with Crippen LogP contribution in [0, 0.1) is 25.1 Å².